The number of aromatic carboxylic acids is 1. The maximum absolute atomic E-state index is 13.4. The van der Waals surface area contributed by atoms with Gasteiger partial charge in [0.2, 0.25) is 11.8 Å². The summed E-state index contributed by atoms with van der Waals surface area (Å²) in [7, 11) is 5.50. The third kappa shape index (κ3) is 28.7. The minimum Gasteiger partial charge on any atom is -0.477 e. The second-order valence-electron chi connectivity index (χ2n) is 32.7. The minimum absolute atomic E-state index is 0.0208. The highest BCUT2D eigenvalue weighted by Gasteiger charge is 2.42. The van der Waals surface area contributed by atoms with Crippen LogP contribution in [-0.4, -0.2) is 93.3 Å². The van der Waals surface area contributed by atoms with Crippen LogP contribution < -0.4 is 20.9 Å². The molecule has 0 spiro atoms. The van der Waals surface area contributed by atoms with Crippen molar-refractivity contribution in [3.63, 3.8) is 0 Å². The summed E-state index contributed by atoms with van der Waals surface area (Å²) in [5.74, 6) is 30.6. The molecule has 10 rings (SSSR count). The predicted molar refractivity (Wildman–Crippen MR) is 438 cm³/mol. The summed E-state index contributed by atoms with van der Waals surface area (Å²) >= 11 is 9.82. The molecule has 0 aliphatic heterocycles. The number of esters is 4. The topological polar surface area (TPSA) is 221 Å². The lowest BCUT2D eigenvalue weighted by Crippen LogP contribution is -2.39. The smallest absolute Gasteiger partial charge is 0.350 e. The minimum atomic E-state index is -0.977. The number of hydrogen-bond acceptors (Lipinski definition) is 18. The van der Waals surface area contributed by atoms with Crippen molar-refractivity contribution < 1.29 is 57.6 Å². The highest BCUT2D eigenvalue weighted by atomic mass is 79.9. The first-order valence-corrected chi connectivity index (χ1v) is 41.0. The lowest BCUT2D eigenvalue weighted by molar-refractivity contribution is -0.124. The van der Waals surface area contributed by atoms with Crippen molar-refractivity contribution >= 4 is 137 Å². The van der Waals surface area contributed by atoms with Crippen LogP contribution in [0.25, 0.3) is 0 Å². The van der Waals surface area contributed by atoms with E-state index in [0.29, 0.717) is 59.3 Å². The maximum atomic E-state index is 13.4. The molecule has 5 aromatic heterocycles. The monoisotopic (exact) mass is 1600 g/mol. The first-order chi connectivity index (χ1) is 49.4. The molecule has 5 aliphatic carbocycles. The van der Waals surface area contributed by atoms with Gasteiger partial charge in [0.05, 0.1) is 75.6 Å². The molecule has 106 heavy (non-hydrogen) atoms. The quantitative estimate of drug-likeness (QED) is 0.0567. The third-order valence-electron chi connectivity index (χ3n) is 16.6. The van der Waals surface area contributed by atoms with Gasteiger partial charge in [0, 0.05) is 61.5 Å². The second-order valence-corrected chi connectivity index (χ2v) is 38.8. The summed E-state index contributed by atoms with van der Waals surface area (Å²) in [5.41, 5.74) is 7.81. The number of nitrogens with two attached hydrogens (primary N) is 1. The van der Waals surface area contributed by atoms with Gasteiger partial charge < -0.3 is 44.9 Å². The van der Waals surface area contributed by atoms with Crippen molar-refractivity contribution in [2.24, 2.45) is 50.7 Å². The van der Waals surface area contributed by atoms with E-state index in [1.54, 1.807) is 11.0 Å². The molecule has 2 amide bonds. The zero-order valence-electron chi connectivity index (χ0n) is 65.7. The Morgan fingerprint density at radius 1 is 0.425 bits per heavy atom. The van der Waals surface area contributed by atoms with Crippen LogP contribution in [0.3, 0.4) is 0 Å². The van der Waals surface area contributed by atoms with Crippen LogP contribution in [0.1, 0.15) is 280 Å². The number of nitrogen functional groups attached to an aromatic ring is 1. The van der Waals surface area contributed by atoms with Gasteiger partial charge in [0.1, 0.15) is 24.4 Å². The molecule has 0 aromatic carbocycles. The molecular formula is C84H107BrN4O12S5. The molecule has 0 atom stereocenters. The van der Waals surface area contributed by atoms with Crippen LogP contribution in [0.4, 0.5) is 22.7 Å². The highest BCUT2D eigenvalue weighted by Crippen LogP contribution is 2.44. The number of anilines is 4. The fourth-order valence-electron chi connectivity index (χ4n) is 10.6. The number of carboxylic acids is 1. The van der Waals surface area contributed by atoms with E-state index < -0.39 is 11.9 Å². The molecule has 22 heteroatoms. The number of hydrogen-bond donors (Lipinski definition) is 3. The molecular weight excluding hydrogens is 1500 g/mol. The van der Waals surface area contributed by atoms with E-state index in [-0.39, 0.29) is 85.6 Å². The molecule has 16 nitrogen and oxygen atoms in total. The van der Waals surface area contributed by atoms with Crippen LogP contribution >= 0.6 is 72.6 Å². The highest BCUT2D eigenvalue weighted by molar-refractivity contribution is 9.10. The van der Waals surface area contributed by atoms with Crippen LogP contribution in [-0.2, 0) is 28.5 Å². The van der Waals surface area contributed by atoms with E-state index in [9.17, 15) is 38.7 Å². The van der Waals surface area contributed by atoms with Crippen LogP contribution in [0, 0.1) is 110 Å². The summed E-state index contributed by atoms with van der Waals surface area (Å²) in [6.45, 7) is 35.2. The molecule has 5 saturated carbocycles. The first kappa shape index (κ1) is 87.6. The fraction of sp³-hybridized carbons (Fsp3) is 0.560. The largest absolute Gasteiger partial charge is 0.477 e. The van der Waals surface area contributed by atoms with E-state index in [2.05, 4.69) is 145 Å². The van der Waals surface area contributed by atoms with Crippen molar-refractivity contribution in [3.05, 3.63) is 83.6 Å². The molecule has 0 saturated heterocycles. The van der Waals surface area contributed by atoms with Gasteiger partial charge in [-0.25, -0.2) is 24.0 Å². The zero-order valence-corrected chi connectivity index (χ0v) is 71.3. The number of methoxy groups -OCH3 is 4. The molecule has 4 N–H and O–H groups in total. The number of ether oxygens (including phenoxy) is 4. The lowest BCUT2D eigenvalue weighted by Gasteiger charge is -2.31. The Hall–Kier alpha value is -7.33. The van der Waals surface area contributed by atoms with Gasteiger partial charge in [-0.15, -0.1) is 56.7 Å². The van der Waals surface area contributed by atoms with Crippen LogP contribution in [0.5, 0.6) is 0 Å². The molecule has 5 aliphatic rings. The van der Waals surface area contributed by atoms with Gasteiger partial charge in [-0.3, -0.25) is 9.59 Å². The van der Waals surface area contributed by atoms with Crippen molar-refractivity contribution in [1.29, 1.82) is 0 Å². The van der Waals surface area contributed by atoms with E-state index in [4.69, 9.17) is 15.2 Å². The summed E-state index contributed by atoms with van der Waals surface area (Å²) in [4.78, 5) is 95.5. The first-order valence-electron chi connectivity index (χ1n) is 36.2. The SMILES string of the molecule is CC1CCC(C(=O)N(c2cc(C#CC(C)(C)C)sc2C(=O)O)C2CC2)CC1.COC(=O)c1sc(C#CC(C)(C)C)cc1Br.COC(=O)c1sc(C#CC(C)(C)C)cc1N.COC(=O)c1sc(C#CC(C)(C)C)cc1N(C(=O)C1CCC(C)CC1)C1CC1.COC(=O)c1sc(C#CC(C)(C)C)cc1NC1CC1. The molecule has 5 fully saturated rings. The van der Waals surface area contributed by atoms with Gasteiger partial charge in [-0.1, -0.05) is 73.1 Å². The summed E-state index contributed by atoms with van der Waals surface area (Å²) in [6.07, 6.45) is 14.3. The van der Waals surface area contributed by atoms with E-state index in [0.717, 1.165) is 107 Å². The fourth-order valence-corrected chi connectivity index (χ4v) is 15.7. The number of halogens is 1. The van der Waals surface area contributed by atoms with Crippen molar-refractivity contribution in [1.82, 2.24) is 0 Å². The normalized spacial score (nSPS) is 17.4. The van der Waals surface area contributed by atoms with Gasteiger partial charge in [0.15, 0.2) is 0 Å². The van der Waals surface area contributed by atoms with Crippen molar-refractivity contribution in [3.8, 4) is 59.2 Å². The van der Waals surface area contributed by atoms with Gasteiger partial charge >= 0.3 is 29.8 Å². The number of amides is 2. The van der Waals surface area contributed by atoms with Crippen LogP contribution in [0.15, 0.2) is 34.8 Å². The number of thiophene rings is 5. The Morgan fingerprint density at radius 3 is 1.08 bits per heavy atom. The molecule has 0 bridgehead atoms. The molecule has 0 radical (unpaired) electrons. The van der Waals surface area contributed by atoms with Crippen LogP contribution in [0.2, 0.25) is 0 Å². The molecule has 0 unspecified atom stereocenters. The number of carbonyl (C=O) groups is 7. The maximum Gasteiger partial charge on any atom is 0.350 e. The number of rotatable bonds is 13. The number of nitrogens with one attached hydrogen (secondary N) is 1. The van der Waals surface area contributed by atoms with Crippen molar-refractivity contribution in [2.75, 3.05) is 49.3 Å². The summed E-state index contributed by atoms with van der Waals surface area (Å²) in [5, 5.41) is 13.1. The predicted octanol–water partition coefficient (Wildman–Crippen LogP) is 20.1. The Kier molecular flexibility index (Phi) is 31.5. The van der Waals surface area contributed by atoms with E-state index in [1.807, 2.05) is 91.5 Å². The van der Waals surface area contributed by atoms with Gasteiger partial charge in [0.25, 0.3) is 0 Å². The Bertz CT molecular complexity index is 4200. The summed E-state index contributed by atoms with van der Waals surface area (Å²) < 4.78 is 19.9. The average Bonchev–Trinajstić information content (AvgIpc) is 1.62. The standard InChI is InChI=1S/C23H31NO3S.C22H29NO3S.C15H19NO2S.C12H13BrO2S.C12H15NO2S/c1-15-6-8-16(9-7-15)21(25)24(17-10-11-17)19-14-18(12-13-23(2,3)4)28-20(19)22(26)27-5;1-14-5-7-15(8-6-14)20(24)23(16-9-10-16)18-13-17(11-12-22(2,3)4)27-19(18)21(25)26;1-15(2,3)8-7-11-9-12(16-10-5-6-10)13(19-11)14(17)18-4;2*1-12(2,3)6-5-8-7-9(13)10(16-8)11(14)15-4/h14-17H,6-11H2,1-5H3;13-16H,5-10H2,1-4H3,(H,25,26);9-10,16H,5-6H2,1-4H3;7H,1-4H3;7H,13H2,1-4H3. The lowest BCUT2D eigenvalue weighted by atomic mass is 9.82. The Morgan fingerprint density at radius 2 is 0.726 bits per heavy atom. The number of carboxylic acid groups (broad SMARTS) is 1. The molecule has 572 valence electrons. The Balaban J connectivity index is 0.000000212. The molecule has 5 aromatic rings. The van der Waals surface area contributed by atoms with E-state index in [1.165, 1.54) is 98.0 Å². The molecule has 5 heterocycles. The van der Waals surface area contributed by atoms with Gasteiger partial charge in [-0.05, 0) is 252 Å². The summed E-state index contributed by atoms with van der Waals surface area (Å²) in [6, 6.07) is 10.1. The third-order valence-corrected chi connectivity index (χ3v) is 22.6. The number of carbonyl (C=O) groups excluding carboxylic acids is 6. The average molecular weight is 1610 g/mol. The second kappa shape index (κ2) is 38.2. The Labute approximate surface area is 658 Å². The number of nitrogens with zero attached hydrogens (tertiary/aromatic N) is 2. The zero-order chi connectivity index (χ0) is 79.0. The van der Waals surface area contributed by atoms with Gasteiger partial charge in [-0.2, -0.15) is 0 Å². The van der Waals surface area contributed by atoms with E-state index >= 15 is 0 Å². The van der Waals surface area contributed by atoms with Crippen molar-refractivity contribution in [2.45, 2.75) is 226 Å².